The summed E-state index contributed by atoms with van der Waals surface area (Å²) in [5, 5.41) is 9.61. The molecule has 0 bridgehead atoms. The van der Waals surface area contributed by atoms with E-state index in [1.54, 1.807) is 0 Å². The predicted molar refractivity (Wildman–Crippen MR) is 75.9 cm³/mol. The van der Waals surface area contributed by atoms with Gasteiger partial charge in [-0.1, -0.05) is 13.0 Å². The zero-order chi connectivity index (χ0) is 13.1. The number of hydrogen-bond acceptors (Lipinski definition) is 2. The van der Waals surface area contributed by atoms with Crippen LogP contribution in [0.25, 0.3) is 0 Å². The van der Waals surface area contributed by atoms with Crippen LogP contribution in [0.2, 0.25) is 0 Å². The van der Waals surface area contributed by atoms with E-state index >= 15 is 0 Å². The molecule has 0 aliphatic heterocycles. The normalized spacial score (nSPS) is 19.3. The van der Waals surface area contributed by atoms with Crippen molar-refractivity contribution < 1.29 is 5.11 Å². The first-order chi connectivity index (χ1) is 8.63. The van der Waals surface area contributed by atoms with Gasteiger partial charge in [-0.3, -0.25) is 4.90 Å². The zero-order valence-electron chi connectivity index (χ0n) is 11.8. The molecule has 1 aromatic rings. The molecule has 1 aliphatic rings. The summed E-state index contributed by atoms with van der Waals surface area (Å²) < 4.78 is 0. The van der Waals surface area contributed by atoms with Crippen molar-refractivity contribution in [3.63, 3.8) is 0 Å². The number of nitrogens with zero attached hydrogens (tertiary/aromatic N) is 1. The highest BCUT2D eigenvalue weighted by atomic mass is 16.3. The number of aryl methyl sites for hydroxylation is 1. The molecule has 1 aromatic carbocycles. The summed E-state index contributed by atoms with van der Waals surface area (Å²) in [6.45, 7) is 7.97. The Morgan fingerprint density at radius 3 is 2.83 bits per heavy atom. The first kappa shape index (κ1) is 13.4. The van der Waals surface area contributed by atoms with Crippen LogP contribution < -0.4 is 0 Å². The molecule has 0 fully saturated rings. The van der Waals surface area contributed by atoms with Gasteiger partial charge in [-0.05, 0) is 69.3 Å². The molecule has 2 heteroatoms. The summed E-state index contributed by atoms with van der Waals surface area (Å²) in [6.07, 6.45) is 4.78. The molecule has 1 aliphatic carbocycles. The number of aromatic hydroxyl groups is 1. The van der Waals surface area contributed by atoms with E-state index in [0.29, 0.717) is 17.8 Å². The molecule has 0 saturated heterocycles. The SMILES string of the molecule is CCCN(C(C)C)C1CCCc2cc(O)ccc21. The van der Waals surface area contributed by atoms with Crippen LogP contribution >= 0.6 is 0 Å². The molecule has 100 valence electrons. The monoisotopic (exact) mass is 247 g/mol. The average molecular weight is 247 g/mol. The lowest BCUT2D eigenvalue weighted by Gasteiger charge is -2.38. The summed E-state index contributed by atoms with van der Waals surface area (Å²) in [5.41, 5.74) is 2.77. The molecule has 0 amide bonds. The molecular weight excluding hydrogens is 222 g/mol. The van der Waals surface area contributed by atoms with Crippen molar-refractivity contribution in [1.29, 1.82) is 0 Å². The van der Waals surface area contributed by atoms with Gasteiger partial charge in [0.1, 0.15) is 5.75 Å². The summed E-state index contributed by atoms with van der Waals surface area (Å²) in [4.78, 5) is 2.61. The van der Waals surface area contributed by atoms with Crippen LogP contribution in [0.4, 0.5) is 0 Å². The van der Waals surface area contributed by atoms with Crippen molar-refractivity contribution in [3.05, 3.63) is 29.3 Å². The van der Waals surface area contributed by atoms with E-state index in [9.17, 15) is 5.11 Å². The van der Waals surface area contributed by atoms with E-state index in [0.717, 1.165) is 13.0 Å². The van der Waals surface area contributed by atoms with Crippen LogP contribution in [0.3, 0.4) is 0 Å². The second-order valence-corrected chi connectivity index (χ2v) is 5.62. The summed E-state index contributed by atoms with van der Waals surface area (Å²) in [7, 11) is 0. The van der Waals surface area contributed by atoms with Gasteiger partial charge in [-0.15, -0.1) is 0 Å². The molecular formula is C16H25NO. The highest BCUT2D eigenvalue weighted by Crippen LogP contribution is 2.36. The minimum absolute atomic E-state index is 0.404. The molecule has 0 aromatic heterocycles. The number of phenolic OH excluding ortho intramolecular Hbond substituents is 1. The number of rotatable bonds is 4. The Morgan fingerprint density at radius 2 is 2.17 bits per heavy atom. The number of phenols is 1. The van der Waals surface area contributed by atoms with Crippen LogP contribution in [-0.2, 0) is 6.42 Å². The molecule has 2 nitrogen and oxygen atoms in total. The molecule has 2 rings (SSSR count). The van der Waals surface area contributed by atoms with E-state index in [4.69, 9.17) is 0 Å². The Labute approximate surface area is 111 Å². The average Bonchev–Trinajstić information content (AvgIpc) is 2.34. The number of benzene rings is 1. The highest BCUT2D eigenvalue weighted by molar-refractivity contribution is 5.38. The highest BCUT2D eigenvalue weighted by Gasteiger charge is 2.27. The topological polar surface area (TPSA) is 23.5 Å². The van der Waals surface area contributed by atoms with Gasteiger partial charge in [-0.25, -0.2) is 0 Å². The van der Waals surface area contributed by atoms with Crippen molar-refractivity contribution >= 4 is 0 Å². The van der Waals surface area contributed by atoms with Crippen LogP contribution in [0.1, 0.15) is 57.2 Å². The van der Waals surface area contributed by atoms with E-state index in [1.807, 2.05) is 12.1 Å². The Morgan fingerprint density at radius 1 is 1.39 bits per heavy atom. The Balaban J connectivity index is 2.30. The fourth-order valence-electron chi connectivity index (χ4n) is 3.15. The third kappa shape index (κ3) is 2.69. The Kier molecular flexibility index (Phi) is 4.28. The second-order valence-electron chi connectivity index (χ2n) is 5.62. The molecule has 0 radical (unpaired) electrons. The number of fused-ring (bicyclic) bond motifs is 1. The fraction of sp³-hybridized carbons (Fsp3) is 0.625. The van der Waals surface area contributed by atoms with Gasteiger partial charge < -0.3 is 5.11 Å². The first-order valence-electron chi connectivity index (χ1n) is 7.21. The predicted octanol–water partition coefficient (Wildman–Crippen LogP) is 3.89. The van der Waals surface area contributed by atoms with Gasteiger partial charge in [0.25, 0.3) is 0 Å². The van der Waals surface area contributed by atoms with Gasteiger partial charge in [0.2, 0.25) is 0 Å². The number of hydrogen-bond donors (Lipinski definition) is 1. The van der Waals surface area contributed by atoms with Gasteiger partial charge in [-0.2, -0.15) is 0 Å². The van der Waals surface area contributed by atoms with E-state index < -0.39 is 0 Å². The zero-order valence-corrected chi connectivity index (χ0v) is 11.8. The minimum Gasteiger partial charge on any atom is -0.508 e. The maximum Gasteiger partial charge on any atom is 0.115 e. The van der Waals surface area contributed by atoms with Crippen molar-refractivity contribution in [2.45, 2.75) is 58.5 Å². The first-order valence-corrected chi connectivity index (χ1v) is 7.21. The van der Waals surface area contributed by atoms with Gasteiger partial charge in [0, 0.05) is 12.1 Å². The molecule has 18 heavy (non-hydrogen) atoms. The lowest BCUT2D eigenvalue weighted by Crippen LogP contribution is -2.37. The van der Waals surface area contributed by atoms with Crippen LogP contribution in [-0.4, -0.2) is 22.6 Å². The molecule has 1 unspecified atom stereocenters. The van der Waals surface area contributed by atoms with Crippen LogP contribution in [0.5, 0.6) is 5.75 Å². The van der Waals surface area contributed by atoms with Crippen molar-refractivity contribution in [2.75, 3.05) is 6.54 Å². The van der Waals surface area contributed by atoms with E-state index in [-0.39, 0.29) is 0 Å². The third-order valence-corrected chi connectivity index (χ3v) is 3.95. The van der Waals surface area contributed by atoms with Crippen molar-refractivity contribution in [1.82, 2.24) is 4.90 Å². The largest absolute Gasteiger partial charge is 0.508 e. The van der Waals surface area contributed by atoms with Crippen LogP contribution in [0, 0.1) is 0 Å². The second kappa shape index (κ2) is 5.75. The summed E-state index contributed by atoms with van der Waals surface area (Å²) >= 11 is 0. The maximum absolute atomic E-state index is 9.61. The van der Waals surface area contributed by atoms with Crippen molar-refractivity contribution in [3.8, 4) is 5.75 Å². The lowest BCUT2D eigenvalue weighted by molar-refractivity contribution is 0.138. The Hall–Kier alpha value is -1.02. The van der Waals surface area contributed by atoms with Gasteiger partial charge in [0.15, 0.2) is 0 Å². The quantitative estimate of drug-likeness (QED) is 0.872. The molecule has 0 heterocycles. The lowest BCUT2D eigenvalue weighted by atomic mass is 9.86. The summed E-state index contributed by atoms with van der Waals surface area (Å²) in [6, 6.07) is 7.02. The van der Waals surface area contributed by atoms with E-state index in [2.05, 4.69) is 31.7 Å². The summed E-state index contributed by atoms with van der Waals surface area (Å²) in [5.74, 6) is 0.404. The van der Waals surface area contributed by atoms with Crippen molar-refractivity contribution in [2.24, 2.45) is 0 Å². The van der Waals surface area contributed by atoms with E-state index in [1.165, 1.54) is 30.4 Å². The molecule has 0 spiro atoms. The Bertz CT molecular complexity index is 400. The molecule has 1 atom stereocenters. The van der Waals surface area contributed by atoms with Crippen LogP contribution in [0.15, 0.2) is 18.2 Å². The van der Waals surface area contributed by atoms with Gasteiger partial charge in [0.05, 0.1) is 0 Å². The minimum atomic E-state index is 0.404. The third-order valence-electron chi connectivity index (χ3n) is 3.95. The molecule has 1 N–H and O–H groups in total. The smallest absolute Gasteiger partial charge is 0.115 e. The standard InChI is InChI=1S/C16H25NO/c1-4-10-17(12(2)3)16-7-5-6-13-11-14(18)8-9-15(13)16/h8-9,11-12,16,18H,4-7,10H2,1-3H3. The maximum atomic E-state index is 9.61. The van der Waals surface area contributed by atoms with Gasteiger partial charge >= 0.3 is 0 Å². The fourth-order valence-corrected chi connectivity index (χ4v) is 3.15. The molecule has 0 saturated carbocycles.